The maximum atomic E-state index is 9.89. The number of hydrogen-bond acceptors (Lipinski definition) is 4. The van der Waals surface area contributed by atoms with E-state index in [0.717, 1.165) is 17.9 Å². The van der Waals surface area contributed by atoms with Gasteiger partial charge in [0.2, 0.25) is 0 Å². The molecule has 0 aliphatic heterocycles. The summed E-state index contributed by atoms with van der Waals surface area (Å²) in [5.74, 6) is 0.933. The average molecular weight is 255 g/mol. The van der Waals surface area contributed by atoms with Crippen molar-refractivity contribution in [3.8, 4) is 0 Å². The summed E-state index contributed by atoms with van der Waals surface area (Å²) in [6.45, 7) is 9.62. The lowest BCUT2D eigenvalue weighted by Gasteiger charge is -2.24. The first-order chi connectivity index (χ1) is 8.28. The minimum atomic E-state index is -0.471. The molecular weight excluding hydrogens is 230 g/mol. The fraction of sp³-hybridized carbons (Fsp3) is 0.714. The van der Waals surface area contributed by atoms with Crippen LogP contribution in [0.1, 0.15) is 32.1 Å². The van der Waals surface area contributed by atoms with E-state index in [1.54, 1.807) is 6.26 Å². The topological polar surface area (TPSA) is 45.8 Å². The van der Waals surface area contributed by atoms with Gasteiger partial charge in [0.05, 0.1) is 24.6 Å². The number of ether oxygens (including phenoxy) is 1. The summed E-state index contributed by atoms with van der Waals surface area (Å²) >= 11 is 0. The van der Waals surface area contributed by atoms with Gasteiger partial charge in [-0.25, -0.2) is 0 Å². The molecule has 0 bridgehead atoms. The van der Waals surface area contributed by atoms with Crippen LogP contribution in [0.3, 0.4) is 0 Å². The number of likely N-dealkylation sites (N-methyl/N-ethyl adjacent to an activating group) is 1. The van der Waals surface area contributed by atoms with Crippen LogP contribution in [0.5, 0.6) is 0 Å². The third kappa shape index (κ3) is 5.67. The average Bonchev–Trinajstić information content (AvgIpc) is 2.60. The fourth-order valence-electron chi connectivity index (χ4n) is 1.69. The number of aryl methyl sites for hydroxylation is 1. The van der Waals surface area contributed by atoms with Crippen LogP contribution >= 0.6 is 0 Å². The Balaban J connectivity index is 2.31. The molecule has 104 valence electrons. The zero-order valence-electron chi connectivity index (χ0n) is 12.1. The van der Waals surface area contributed by atoms with Crippen LogP contribution in [-0.2, 0) is 11.3 Å². The molecule has 1 aromatic heterocycles. The fourth-order valence-corrected chi connectivity index (χ4v) is 1.69. The normalized spacial score (nSPS) is 14.2. The number of aliphatic hydroxyl groups is 1. The maximum Gasteiger partial charge on any atom is 0.105 e. The molecule has 0 saturated heterocycles. The van der Waals surface area contributed by atoms with Gasteiger partial charge in [0.1, 0.15) is 5.76 Å². The quantitative estimate of drug-likeness (QED) is 0.846. The number of aliphatic hydroxyl groups excluding tert-OH is 1. The molecular formula is C14H25NO3. The van der Waals surface area contributed by atoms with Gasteiger partial charge in [0, 0.05) is 18.7 Å². The molecule has 1 N–H and O–H groups in total. The summed E-state index contributed by atoms with van der Waals surface area (Å²) < 4.78 is 10.8. The smallest absolute Gasteiger partial charge is 0.105 e. The lowest BCUT2D eigenvalue weighted by atomic mass is 10.2. The molecule has 0 aromatic carbocycles. The van der Waals surface area contributed by atoms with Crippen molar-refractivity contribution in [3.05, 3.63) is 23.7 Å². The first-order valence-corrected chi connectivity index (χ1v) is 6.31. The Bertz CT molecular complexity index is 354. The molecule has 1 rings (SSSR count). The van der Waals surface area contributed by atoms with E-state index in [1.807, 2.05) is 40.8 Å². The molecule has 0 saturated carbocycles. The Kier molecular flexibility index (Phi) is 5.38. The minimum Gasteiger partial charge on any atom is -0.469 e. The van der Waals surface area contributed by atoms with Crippen molar-refractivity contribution in [1.29, 1.82) is 0 Å². The van der Waals surface area contributed by atoms with E-state index in [0.29, 0.717) is 13.2 Å². The summed E-state index contributed by atoms with van der Waals surface area (Å²) in [5.41, 5.74) is 0.946. The van der Waals surface area contributed by atoms with E-state index in [9.17, 15) is 5.11 Å². The molecule has 0 radical (unpaired) electrons. The SMILES string of the molecule is Cc1occc1CN(C)CC(O)COC(C)(C)C. The first kappa shape index (κ1) is 15.2. The van der Waals surface area contributed by atoms with Gasteiger partial charge >= 0.3 is 0 Å². The number of nitrogens with zero attached hydrogens (tertiary/aromatic N) is 1. The van der Waals surface area contributed by atoms with Crippen LogP contribution in [0.4, 0.5) is 0 Å². The predicted octanol–water partition coefficient (Wildman–Crippen LogP) is 2.20. The third-order valence-electron chi connectivity index (χ3n) is 2.64. The Hall–Kier alpha value is -0.840. The minimum absolute atomic E-state index is 0.208. The Labute approximate surface area is 110 Å². The van der Waals surface area contributed by atoms with Gasteiger partial charge in [-0.05, 0) is 40.8 Å². The molecule has 18 heavy (non-hydrogen) atoms. The Morgan fingerprint density at radius 1 is 1.44 bits per heavy atom. The standard InChI is InChI=1S/C14H25NO3/c1-11-12(6-7-17-11)8-15(5)9-13(16)10-18-14(2,3)4/h6-7,13,16H,8-10H2,1-5H3. The van der Waals surface area contributed by atoms with Crippen LogP contribution in [0.25, 0.3) is 0 Å². The number of hydrogen-bond donors (Lipinski definition) is 1. The molecule has 0 amide bonds. The second-order valence-electron chi connectivity index (χ2n) is 5.78. The first-order valence-electron chi connectivity index (χ1n) is 6.31. The van der Waals surface area contributed by atoms with Crippen LogP contribution in [0, 0.1) is 6.92 Å². The lowest BCUT2D eigenvalue weighted by molar-refractivity contribution is -0.0550. The van der Waals surface area contributed by atoms with E-state index in [-0.39, 0.29) is 5.60 Å². The van der Waals surface area contributed by atoms with Crippen LogP contribution in [0.15, 0.2) is 16.7 Å². The van der Waals surface area contributed by atoms with Crippen LogP contribution in [-0.4, -0.2) is 41.9 Å². The zero-order valence-corrected chi connectivity index (χ0v) is 12.1. The van der Waals surface area contributed by atoms with Crippen LogP contribution in [0.2, 0.25) is 0 Å². The van der Waals surface area contributed by atoms with E-state index in [4.69, 9.17) is 9.15 Å². The van der Waals surface area contributed by atoms with Gasteiger partial charge in [-0.3, -0.25) is 4.90 Å². The van der Waals surface area contributed by atoms with Crippen LogP contribution < -0.4 is 0 Å². The molecule has 1 unspecified atom stereocenters. The molecule has 4 nitrogen and oxygen atoms in total. The monoisotopic (exact) mass is 255 g/mol. The Morgan fingerprint density at radius 2 is 2.11 bits per heavy atom. The molecule has 1 aromatic rings. The summed E-state index contributed by atoms with van der Waals surface area (Å²) in [7, 11) is 1.98. The van der Waals surface area contributed by atoms with Crippen molar-refractivity contribution >= 4 is 0 Å². The second-order valence-corrected chi connectivity index (χ2v) is 5.78. The molecule has 0 aliphatic carbocycles. The lowest BCUT2D eigenvalue weighted by Crippen LogP contribution is -2.34. The summed E-state index contributed by atoms with van der Waals surface area (Å²) in [5, 5.41) is 9.89. The van der Waals surface area contributed by atoms with Gasteiger partial charge < -0.3 is 14.3 Å². The molecule has 1 atom stereocenters. The number of furan rings is 1. The third-order valence-corrected chi connectivity index (χ3v) is 2.64. The summed E-state index contributed by atoms with van der Waals surface area (Å²) in [6.07, 6.45) is 1.22. The molecule has 1 heterocycles. The van der Waals surface area contributed by atoms with E-state index < -0.39 is 6.10 Å². The van der Waals surface area contributed by atoms with Gasteiger partial charge in [-0.2, -0.15) is 0 Å². The van der Waals surface area contributed by atoms with Crippen molar-refractivity contribution in [1.82, 2.24) is 4.90 Å². The van der Waals surface area contributed by atoms with Gasteiger partial charge in [0.15, 0.2) is 0 Å². The molecule has 0 spiro atoms. The van der Waals surface area contributed by atoms with Gasteiger partial charge in [-0.1, -0.05) is 0 Å². The second kappa shape index (κ2) is 6.36. The summed E-state index contributed by atoms with van der Waals surface area (Å²) in [6, 6.07) is 1.96. The van der Waals surface area contributed by atoms with Crippen molar-refractivity contribution in [2.45, 2.75) is 45.9 Å². The van der Waals surface area contributed by atoms with Crippen molar-refractivity contribution in [3.63, 3.8) is 0 Å². The highest BCUT2D eigenvalue weighted by molar-refractivity contribution is 5.14. The zero-order chi connectivity index (χ0) is 13.8. The van der Waals surface area contributed by atoms with Crippen molar-refractivity contribution < 1.29 is 14.3 Å². The van der Waals surface area contributed by atoms with E-state index in [2.05, 4.69) is 4.90 Å². The summed E-state index contributed by atoms with van der Waals surface area (Å²) in [4.78, 5) is 2.06. The highest BCUT2D eigenvalue weighted by Gasteiger charge is 2.15. The largest absolute Gasteiger partial charge is 0.469 e. The highest BCUT2D eigenvalue weighted by atomic mass is 16.5. The molecule has 0 fully saturated rings. The van der Waals surface area contributed by atoms with Gasteiger partial charge in [0.25, 0.3) is 0 Å². The predicted molar refractivity (Wildman–Crippen MR) is 71.5 cm³/mol. The van der Waals surface area contributed by atoms with Crippen molar-refractivity contribution in [2.24, 2.45) is 0 Å². The van der Waals surface area contributed by atoms with E-state index >= 15 is 0 Å². The highest BCUT2D eigenvalue weighted by Crippen LogP contribution is 2.12. The number of rotatable bonds is 6. The molecule has 4 heteroatoms. The molecule has 0 aliphatic rings. The maximum absolute atomic E-state index is 9.89. The van der Waals surface area contributed by atoms with E-state index in [1.165, 1.54) is 0 Å². The van der Waals surface area contributed by atoms with Gasteiger partial charge in [-0.15, -0.1) is 0 Å². The Morgan fingerprint density at radius 3 is 2.61 bits per heavy atom. The van der Waals surface area contributed by atoms with Crippen molar-refractivity contribution in [2.75, 3.05) is 20.2 Å².